The molecule has 12 heterocycles. The van der Waals surface area contributed by atoms with Crippen molar-refractivity contribution in [2.24, 2.45) is 0 Å². The van der Waals surface area contributed by atoms with E-state index in [-0.39, 0.29) is 29.8 Å². The number of pyridine rings is 2. The van der Waals surface area contributed by atoms with Crippen molar-refractivity contribution in [2.45, 2.75) is 76.2 Å². The summed E-state index contributed by atoms with van der Waals surface area (Å²) >= 11 is 0. The quantitative estimate of drug-likeness (QED) is 0.140. The fourth-order valence-electron chi connectivity index (χ4n) is 12.4. The van der Waals surface area contributed by atoms with E-state index >= 15 is 0 Å². The number of ether oxygens (including phenoxy) is 1. The molecule has 0 aliphatic carbocycles. The summed E-state index contributed by atoms with van der Waals surface area (Å²) in [5.74, 6) is 3.24. The van der Waals surface area contributed by atoms with Crippen LogP contribution >= 0.6 is 0 Å². The molecule has 1 amide bonds. The summed E-state index contributed by atoms with van der Waals surface area (Å²) in [7, 11) is 0. The molecule has 8 aromatic rings. The number of benzene rings is 2. The molecule has 20 heteroatoms. The van der Waals surface area contributed by atoms with Crippen molar-refractivity contribution >= 4 is 40.7 Å². The number of carbonyl (C=O) groups excluding carboxylic acids is 1. The van der Waals surface area contributed by atoms with Crippen LogP contribution in [0.25, 0.3) is 34.1 Å². The normalized spacial score (nSPS) is 20.4. The molecule has 0 saturated carbocycles. The molecule has 6 aliphatic heterocycles. The van der Waals surface area contributed by atoms with E-state index in [0.717, 1.165) is 173 Å². The van der Waals surface area contributed by atoms with Gasteiger partial charge in [0, 0.05) is 104 Å². The first-order valence-corrected chi connectivity index (χ1v) is 28.8. The highest BCUT2D eigenvalue weighted by Crippen LogP contribution is 2.38. The fraction of sp³-hybridized carbons (Fsp3) is 0.426. The average Bonchev–Trinajstić information content (AvgIpc) is 4.38. The zero-order chi connectivity index (χ0) is 55.2. The van der Waals surface area contributed by atoms with Crippen molar-refractivity contribution < 1.29 is 18.3 Å². The number of amides is 1. The van der Waals surface area contributed by atoms with Crippen LogP contribution in [0.1, 0.15) is 69.7 Å². The molecule has 14 rings (SSSR count). The molecule has 1 N–H and O–H groups in total. The van der Waals surface area contributed by atoms with Crippen LogP contribution < -0.4 is 24.9 Å². The predicted octanol–water partition coefficient (Wildman–Crippen LogP) is 8.38. The molecule has 2 aromatic carbocycles. The van der Waals surface area contributed by atoms with Crippen molar-refractivity contribution in [3.8, 4) is 22.8 Å². The number of aromatic nitrogens is 8. The van der Waals surface area contributed by atoms with Crippen molar-refractivity contribution in [1.82, 2.24) is 59.2 Å². The van der Waals surface area contributed by atoms with E-state index in [1.165, 1.54) is 12.1 Å². The lowest BCUT2D eigenvalue weighted by atomic mass is 10.0. The van der Waals surface area contributed by atoms with Crippen molar-refractivity contribution in [1.29, 1.82) is 0 Å². The summed E-state index contributed by atoms with van der Waals surface area (Å²) in [6, 6.07) is 35.4. The summed E-state index contributed by atoms with van der Waals surface area (Å²) in [6.07, 6.45) is 7.47. The fourth-order valence-corrected chi connectivity index (χ4v) is 12.4. The van der Waals surface area contributed by atoms with Crippen molar-refractivity contribution in [3.63, 3.8) is 0 Å². The molecule has 0 unspecified atom stereocenters. The van der Waals surface area contributed by atoms with E-state index in [1.54, 1.807) is 29.2 Å². The standard InChI is InChI=1S/C33H39FN8O2.C28H31FN8/c1-33(2,3)44-32(43)40-21-25(22-40)38-15-17-39(18-16-38)30-11-5-9-26(36-30)28-20-35-29-12-13-31(37-42(28)29)41-14-6-10-27(41)23-7-4-8-24(34)19-23;29-21-5-1-4-20(16-21)24-7-3-11-36(24)28-10-9-26-31-19-25(37(26)33-28)23-6-2-8-27(32-23)35-14-12-34(13-15-35)22-17-30-18-22/h4-5,7-9,11-13,19-20,25,27H,6,10,14-18,21-22H2,1-3H3;1-2,4-6,8-10,16,19,22,24,30H,3,7,11-15,17-18H2/t27-;24-/m11/s1. The van der Waals surface area contributed by atoms with E-state index in [4.69, 9.17) is 24.9 Å². The molecule has 0 radical (unpaired) electrons. The van der Waals surface area contributed by atoms with Gasteiger partial charge < -0.3 is 34.6 Å². The number of nitrogens with zero attached hydrogens (tertiary/aromatic N) is 15. The number of imidazole rings is 2. The number of likely N-dealkylation sites (tertiary alicyclic amines) is 1. The van der Waals surface area contributed by atoms with Gasteiger partial charge in [0.15, 0.2) is 11.3 Å². The largest absolute Gasteiger partial charge is 0.444 e. The number of hydrogen-bond acceptors (Lipinski definition) is 15. The SMILES string of the molecule is CC(C)(C)OC(=O)N1CC(N2CCN(c3cccc(-c4cnc5ccc(N6CCC[C@@H]6c6cccc(F)c6)nn45)n3)CC2)C1.Fc1cccc([C@H]2CCCN2c2ccc3ncc(-c4cccc(N5CCN(C6CNC6)CC5)n4)n3n2)c1. The Hall–Kier alpha value is -7.81. The lowest BCUT2D eigenvalue weighted by molar-refractivity contribution is -0.0162. The maximum atomic E-state index is 14.0. The number of fused-ring (bicyclic) bond motifs is 2. The van der Waals surface area contributed by atoms with Crippen LogP contribution in [-0.2, 0) is 4.74 Å². The minimum atomic E-state index is -0.474. The Balaban J connectivity index is 0.000000155. The molecule has 420 valence electrons. The maximum Gasteiger partial charge on any atom is 0.410 e. The highest BCUT2D eigenvalue weighted by Gasteiger charge is 2.39. The van der Waals surface area contributed by atoms with Crippen LogP contribution in [-0.4, -0.2) is 169 Å². The van der Waals surface area contributed by atoms with Crippen LogP contribution in [0.15, 0.2) is 122 Å². The monoisotopic (exact) mass is 1100 g/mol. The second-order valence-corrected chi connectivity index (χ2v) is 23.2. The molecule has 6 fully saturated rings. The second-order valence-electron chi connectivity index (χ2n) is 23.2. The van der Waals surface area contributed by atoms with Gasteiger partial charge in [-0.15, -0.1) is 10.2 Å². The third-order valence-corrected chi connectivity index (χ3v) is 16.8. The number of nitrogens with one attached hydrogen (secondary N) is 1. The summed E-state index contributed by atoms with van der Waals surface area (Å²) < 4.78 is 37.2. The van der Waals surface area contributed by atoms with Crippen LogP contribution in [0.3, 0.4) is 0 Å². The van der Waals surface area contributed by atoms with Gasteiger partial charge in [0.25, 0.3) is 0 Å². The minimum Gasteiger partial charge on any atom is -0.444 e. The molecule has 81 heavy (non-hydrogen) atoms. The third-order valence-electron chi connectivity index (χ3n) is 16.8. The summed E-state index contributed by atoms with van der Waals surface area (Å²) in [5, 5.41) is 13.4. The van der Waals surface area contributed by atoms with Crippen molar-refractivity contribution in [2.75, 3.05) is 111 Å². The van der Waals surface area contributed by atoms with Gasteiger partial charge >= 0.3 is 6.09 Å². The molecular weight excluding hydrogens is 1030 g/mol. The molecule has 6 aliphatic rings. The van der Waals surface area contributed by atoms with Crippen LogP contribution in [0.5, 0.6) is 0 Å². The Morgan fingerprint density at radius 1 is 0.556 bits per heavy atom. The molecular formula is C61H70F2N16O2. The van der Waals surface area contributed by atoms with E-state index in [2.05, 4.69) is 62.9 Å². The first-order chi connectivity index (χ1) is 39.4. The maximum absolute atomic E-state index is 14.0. The zero-order valence-electron chi connectivity index (χ0n) is 46.4. The highest BCUT2D eigenvalue weighted by atomic mass is 19.1. The van der Waals surface area contributed by atoms with Crippen LogP contribution in [0.4, 0.5) is 36.8 Å². The lowest BCUT2D eigenvalue weighted by Gasteiger charge is -2.48. The van der Waals surface area contributed by atoms with E-state index in [9.17, 15) is 13.6 Å². The number of halogens is 2. The van der Waals surface area contributed by atoms with Crippen LogP contribution in [0, 0.1) is 11.6 Å². The smallest absolute Gasteiger partial charge is 0.410 e. The first kappa shape index (κ1) is 52.6. The molecule has 6 aromatic heterocycles. The molecule has 2 atom stereocenters. The highest BCUT2D eigenvalue weighted by molar-refractivity contribution is 5.69. The number of carbonyl (C=O) groups is 1. The topological polar surface area (TPSA) is 147 Å². The predicted molar refractivity (Wildman–Crippen MR) is 310 cm³/mol. The summed E-state index contributed by atoms with van der Waals surface area (Å²) in [6.45, 7) is 18.8. The average molecular weight is 1100 g/mol. The van der Waals surface area contributed by atoms with Gasteiger partial charge in [-0.05, 0) is 130 Å². The van der Waals surface area contributed by atoms with Gasteiger partial charge in [-0.25, -0.2) is 42.5 Å². The number of piperazine rings is 2. The van der Waals surface area contributed by atoms with Gasteiger partial charge in [0.1, 0.15) is 51.9 Å². The van der Waals surface area contributed by atoms with E-state index in [0.29, 0.717) is 25.2 Å². The first-order valence-electron chi connectivity index (χ1n) is 28.8. The van der Waals surface area contributed by atoms with Crippen molar-refractivity contribution in [3.05, 3.63) is 144 Å². The van der Waals surface area contributed by atoms with Gasteiger partial charge in [-0.2, -0.15) is 0 Å². The Morgan fingerprint density at radius 3 is 1.47 bits per heavy atom. The van der Waals surface area contributed by atoms with Gasteiger partial charge in [0.05, 0.1) is 35.9 Å². The van der Waals surface area contributed by atoms with E-state index < -0.39 is 5.60 Å². The van der Waals surface area contributed by atoms with Gasteiger partial charge in [0.2, 0.25) is 0 Å². The molecule has 18 nitrogen and oxygen atoms in total. The Morgan fingerprint density at radius 2 is 1.02 bits per heavy atom. The molecule has 0 bridgehead atoms. The summed E-state index contributed by atoms with van der Waals surface area (Å²) in [4.78, 5) is 47.7. The van der Waals surface area contributed by atoms with Gasteiger partial charge in [-0.3, -0.25) is 9.80 Å². The summed E-state index contributed by atoms with van der Waals surface area (Å²) in [5.41, 5.74) is 6.43. The Bertz CT molecular complexity index is 3520. The number of hydrogen-bond donors (Lipinski definition) is 1. The lowest BCUT2D eigenvalue weighted by Crippen LogP contribution is -2.64. The van der Waals surface area contributed by atoms with E-state index in [1.807, 2.05) is 96.8 Å². The molecule has 0 spiro atoms. The zero-order valence-corrected chi connectivity index (χ0v) is 46.4. The third kappa shape index (κ3) is 11.1. The van der Waals surface area contributed by atoms with Crippen LogP contribution in [0.2, 0.25) is 0 Å². The minimum absolute atomic E-state index is 0.0862. The second kappa shape index (κ2) is 22.3. The Labute approximate surface area is 471 Å². The van der Waals surface area contributed by atoms with Gasteiger partial charge in [-0.1, -0.05) is 36.4 Å². The number of rotatable bonds is 10. The molecule has 6 saturated heterocycles. The Kier molecular flexibility index (Phi) is 14.4. The number of anilines is 4.